The zero-order valence-electron chi connectivity index (χ0n) is 10.4. The zero-order chi connectivity index (χ0) is 11.3. The largest absolute Gasteiger partial charge is 0.395 e. The van der Waals surface area contributed by atoms with Crippen molar-refractivity contribution in [1.82, 2.24) is 9.80 Å². The van der Waals surface area contributed by atoms with E-state index in [9.17, 15) is 5.11 Å². The molecule has 1 fully saturated rings. The first-order valence-corrected chi connectivity index (χ1v) is 6.20. The fraction of sp³-hybridized carbons (Fsp3) is 1.00. The Hall–Kier alpha value is -0.120. The second-order valence-electron chi connectivity index (χ2n) is 5.01. The second-order valence-corrected chi connectivity index (χ2v) is 5.01. The monoisotopic (exact) mass is 214 g/mol. The molecule has 90 valence electrons. The van der Waals surface area contributed by atoms with Crippen LogP contribution in [0.3, 0.4) is 0 Å². The number of unbranched alkanes of at least 4 members (excludes halogenated alkanes) is 1. The lowest BCUT2D eigenvalue weighted by molar-refractivity contribution is 0.112. The van der Waals surface area contributed by atoms with E-state index in [1.807, 2.05) is 0 Å². The van der Waals surface area contributed by atoms with Crippen LogP contribution in [-0.4, -0.2) is 60.8 Å². The summed E-state index contributed by atoms with van der Waals surface area (Å²) in [6.07, 6.45) is 2.48. The first-order valence-electron chi connectivity index (χ1n) is 6.20. The highest BCUT2D eigenvalue weighted by atomic mass is 16.3. The van der Waals surface area contributed by atoms with Crippen LogP contribution in [0.4, 0.5) is 0 Å². The van der Waals surface area contributed by atoms with Crippen LogP contribution in [-0.2, 0) is 0 Å². The molecule has 2 atom stereocenters. The Labute approximate surface area is 94.1 Å². The predicted molar refractivity (Wildman–Crippen MR) is 64.0 cm³/mol. The molecule has 1 aliphatic heterocycles. The molecule has 1 heterocycles. The molecule has 3 heteroatoms. The highest BCUT2D eigenvalue weighted by molar-refractivity contribution is 4.80. The van der Waals surface area contributed by atoms with Crippen molar-refractivity contribution in [3.05, 3.63) is 0 Å². The fourth-order valence-electron chi connectivity index (χ4n) is 2.50. The number of rotatable bonds is 4. The summed E-state index contributed by atoms with van der Waals surface area (Å²) in [7, 11) is 2.16. The Morgan fingerprint density at radius 2 is 2.00 bits per heavy atom. The molecular formula is C12H26N2O. The van der Waals surface area contributed by atoms with Gasteiger partial charge in [-0.15, -0.1) is 0 Å². The molecule has 2 unspecified atom stereocenters. The van der Waals surface area contributed by atoms with Crippen molar-refractivity contribution in [2.45, 2.75) is 32.7 Å². The van der Waals surface area contributed by atoms with E-state index in [0.29, 0.717) is 18.6 Å². The highest BCUT2D eigenvalue weighted by Gasteiger charge is 2.25. The van der Waals surface area contributed by atoms with Gasteiger partial charge in [0, 0.05) is 25.7 Å². The van der Waals surface area contributed by atoms with Gasteiger partial charge in [-0.25, -0.2) is 0 Å². The van der Waals surface area contributed by atoms with Crippen LogP contribution < -0.4 is 0 Å². The van der Waals surface area contributed by atoms with Crippen LogP contribution >= 0.6 is 0 Å². The summed E-state index contributed by atoms with van der Waals surface area (Å²) >= 11 is 0. The minimum absolute atomic E-state index is 0.292. The summed E-state index contributed by atoms with van der Waals surface area (Å²) in [6, 6.07) is 0.339. The third kappa shape index (κ3) is 4.09. The van der Waals surface area contributed by atoms with E-state index in [1.54, 1.807) is 0 Å². The van der Waals surface area contributed by atoms with Gasteiger partial charge in [-0.05, 0) is 25.9 Å². The maximum Gasteiger partial charge on any atom is 0.0599 e. The smallest absolute Gasteiger partial charge is 0.0599 e. The summed E-state index contributed by atoms with van der Waals surface area (Å²) < 4.78 is 0. The van der Waals surface area contributed by atoms with Crippen LogP contribution in [0.5, 0.6) is 0 Å². The molecule has 0 aromatic rings. The van der Waals surface area contributed by atoms with Gasteiger partial charge in [0.2, 0.25) is 0 Å². The van der Waals surface area contributed by atoms with Gasteiger partial charge in [0.1, 0.15) is 0 Å². The molecule has 15 heavy (non-hydrogen) atoms. The number of likely N-dealkylation sites (N-methyl/N-ethyl adjacent to an activating group) is 1. The molecule has 1 saturated heterocycles. The minimum Gasteiger partial charge on any atom is -0.395 e. The number of aliphatic hydroxyl groups excluding tert-OH is 1. The number of aliphatic hydroxyl groups is 1. The molecule has 0 radical (unpaired) electrons. The average Bonchev–Trinajstić information content (AvgIpc) is 2.33. The van der Waals surface area contributed by atoms with Gasteiger partial charge in [0.25, 0.3) is 0 Å². The molecule has 1 aliphatic rings. The van der Waals surface area contributed by atoms with Crippen molar-refractivity contribution in [2.75, 3.05) is 39.8 Å². The standard InChI is InChI=1S/C12H26N2O/c1-4-5-6-14-8-11(2)7-13(3)9-12(14)10-15/h11-12,15H,4-10H2,1-3H3. The zero-order valence-corrected chi connectivity index (χ0v) is 10.4. The number of hydrogen-bond acceptors (Lipinski definition) is 3. The number of hydrogen-bond donors (Lipinski definition) is 1. The first kappa shape index (κ1) is 12.9. The molecule has 3 nitrogen and oxygen atoms in total. The van der Waals surface area contributed by atoms with E-state index in [1.165, 1.54) is 12.8 Å². The van der Waals surface area contributed by atoms with Crippen molar-refractivity contribution in [3.63, 3.8) is 0 Å². The van der Waals surface area contributed by atoms with Crippen molar-refractivity contribution < 1.29 is 5.11 Å². The maximum atomic E-state index is 9.42. The summed E-state index contributed by atoms with van der Waals surface area (Å²) in [5.74, 6) is 0.711. The molecule has 0 aromatic carbocycles. The first-order chi connectivity index (χ1) is 7.17. The fourth-order valence-corrected chi connectivity index (χ4v) is 2.50. The molecule has 0 bridgehead atoms. The topological polar surface area (TPSA) is 26.7 Å². The van der Waals surface area contributed by atoms with Gasteiger partial charge in [-0.3, -0.25) is 4.90 Å². The number of nitrogens with zero attached hydrogens (tertiary/aromatic N) is 2. The summed E-state index contributed by atoms with van der Waals surface area (Å²) in [5, 5.41) is 9.42. The Bertz CT molecular complexity index is 175. The Morgan fingerprint density at radius 3 is 2.60 bits per heavy atom. The lowest BCUT2D eigenvalue weighted by Crippen LogP contribution is -2.43. The lowest BCUT2D eigenvalue weighted by Gasteiger charge is -2.29. The van der Waals surface area contributed by atoms with Crippen LogP contribution in [0.2, 0.25) is 0 Å². The SMILES string of the molecule is CCCCN1CC(C)CN(C)CC1CO. The van der Waals surface area contributed by atoms with Gasteiger partial charge >= 0.3 is 0 Å². The predicted octanol–water partition coefficient (Wildman–Crippen LogP) is 1.03. The van der Waals surface area contributed by atoms with Crippen LogP contribution in [0, 0.1) is 5.92 Å². The second kappa shape index (κ2) is 6.46. The van der Waals surface area contributed by atoms with Gasteiger partial charge in [-0.2, -0.15) is 0 Å². The normalized spacial score (nSPS) is 30.4. The van der Waals surface area contributed by atoms with Gasteiger partial charge < -0.3 is 10.0 Å². The third-order valence-corrected chi connectivity index (χ3v) is 3.22. The Kier molecular flexibility index (Phi) is 5.58. The molecule has 0 aromatic heterocycles. The van der Waals surface area contributed by atoms with Crippen molar-refractivity contribution in [1.29, 1.82) is 0 Å². The Balaban J connectivity index is 2.54. The van der Waals surface area contributed by atoms with E-state index in [4.69, 9.17) is 0 Å². The van der Waals surface area contributed by atoms with E-state index in [0.717, 1.165) is 26.2 Å². The quantitative estimate of drug-likeness (QED) is 0.757. The molecule has 0 aliphatic carbocycles. The van der Waals surface area contributed by atoms with Crippen LogP contribution in [0.15, 0.2) is 0 Å². The maximum absolute atomic E-state index is 9.42. The van der Waals surface area contributed by atoms with Gasteiger partial charge in [-0.1, -0.05) is 20.3 Å². The minimum atomic E-state index is 0.292. The van der Waals surface area contributed by atoms with E-state index >= 15 is 0 Å². The van der Waals surface area contributed by atoms with Gasteiger partial charge in [0.05, 0.1) is 6.61 Å². The van der Waals surface area contributed by atoms with E-state index < -0.39 is 0 Å². The van der Waals surface area contributed by atoms with Crippen molar-refractivity contribution in [2.24, 2.45) is 5.92 Å². The van der Waals surface area contributed by atoms with Gasteiger partial charge in [0.15, 0.2) is 0 Å². The molecular weight excluding hydrogens is 188 g/mol. The molecule has 0 saturated carbocycles. The average molecular weight is 214 g/mol. The Morgan fingerprint density at radius 1 is 1.27 bits per heavy atom. The summed E-state index contributed by atoms with van der Waals surface area (Å²) in [4.78, 5) is 4.81. The van der Waals surface area contributed by atoms with Crippen molar-refractivity contribution in [3.8, 4) is 0 Å². The molecule has 0 spiro atoms. The summed E-state index contributed by atoms with van der Waals surface area (Å²) in [6.45, 7) is 9.25. The van der Waals surface area contributed by atoms with Crippen LogP contribution in [0.25, 0.3) is 0 Å². The molecule has 1 N–H and O–H groups in total. The lowest BCUT2D eigenvalue weighted by atomic mass is 10.1. The summed E-state index contributed by atoms with van der Waals surface area (Å²) in [5.41, 5.74) is 0. The third-order valence-electron chi connectivity index (χ3n) is 3.22. The van der Waals surface area contributed by atoms with E-state index in [-0.39, 0.29) is 0 Å². The van der Waals surface area contributed by atoms with E-state index in [2.05, 4.69) is 30.7 Å². The molecule has 0 amide bonds. The molecule has 1 rings (SSSR count). The highest BCUT2D eigenvalue weighted by Crippen LogP contribution is 2.13. The van der Waals surface area contributed by atoms with Crippen molar-refractivity contribution >= 4 is 0 Å². The van der Waals surface area contributed by atoms with Crippen LogP contribution in [0.1, 0.15) is 26.7 Å².